The van der Waals surface area contributed by atoms with Crippen LogP contribution in [0.4, 0.5) is 16.2 Å². The van der Waals surface area contributed by atoms with Crippen molar-refractivity contribution < 1.29 is 14.3 Å². The van der Waals surface area contributed by atoms with E-state index < -0.39 is 0 Å². The molecule has 9 heteroatoms. The van der Waals surface area contributed by atoms with E-state index in [1.807, 2.05) is 79.1 Å². The molecule has 2 aliphatic heterocycles. The molecule has 4 heterocycles. The number of hydrogen-bond donors (Lipinski definition) is 1. The number of rotatable bonds is 4. The standard InChI is InChI=1S/C32H30N6O3/c1-21-26-19-37(32(39)33-23-13-16-28-29(18-23)41-20-40-28)30(22-11-14-24(15-12-22)35(2)3)27-10-7-17-36(27)31(26)38(34-21)25-8-5-4-6-9-25/h4-18,30H,19-20H2,1-3H3,(H,33,39)/t30-/m0/s1. The van der Waals surface area contributed by atoms with E-state index in [2.05, 4.69) is 51.3 Å². The lowest BCUT2D eigenvalue weighted by atomic mass is 10.0. The number of para-hydroxylation sites is 1. The molecule has 0 fully saturated rings. The van der Waals surface area contributed by atoms with Crippen molar-refractivity contribution in [2.75, 3.05) is 31.1 Å². The number of amides is 2. The van der Waals surface area contributed by atoms with Crippen LogP contribution in [0.1, 0.15) is 28.6 Å². The number of hydrogen-bond acceptors (Lipinski definition) is 5. The van der Waals surface area contributed by atoms with E-state index >= 15 is 0 Å². The van der Waals surface area contributed by atoms with E-state index in [0.29, 0.717) is 23.7 Å². The minimum absolute atomic E-state index is 0.175. The summed E-state index contributed by atoms with van der Waals surface area (Å²) in [7, 11) is 4.04. The lowest BCUT2D eigenvalue weighted by Crippen LogP contribution is -2.38. The summed E-state index contributed by atoms with van der Waals surface area (Å²) in [5.74, 6) is 2.22. The summed E-state index contributed by atoms with van der Waals surface area (Å²) in [6.45, 7) is 2.54. The number of carbonyl (C=O) groups excluding carboxylic acids is 1. The summed E-state index contributed by atoms with van der Waals surface area (Å²) in [6.07, 6.45) is 2.05. The van der Waals surface area contributed by atoms with Crippen molar-refractivity contribution >= 4 is 17.4 Å². The van der Waals surface area contributed by atoms with Gasteiger partial charge in [-0.05, 0) is 61.0 Å². The Morgan fingerprint density at radius 1 is 0.951 bits per heavy atom. The Balaban J connectivity index is 1.37. The number of benzene rings is 3. The smallest absolute Gasteiger partial charge is 0.322 e. The molecule has 206 valence electrons. The van der Waals surface area contributed by atoms with Gasteiger partial charge < -0.3 is 29.2 Å². The van der Waals surface area contributed by atoms with Crippen molar-refractivity contribution in [1.29, 1.82) is 0 Å². The molecule has 41 heavy (non-hydrogen) atoms. The van der Waals surface area contributed by atoms with Gasteiger partial charge in [0.2, 0.25) is 6.79 Å². The number of anilines is 2. The molecule has 7 rings (SSSR count). The molecule has 0 unspecified atom stereocenters. The molecular formula is C32H30N6O3. The monoisotopic (exact) mass is 546 g/mol. The second-order valence-corrected chi connectivity index (χ2v) is 10.5. The zero-order chi connectivity index (χ0) is 28.1. The molecule has 9 nitrogen and oxygen atoms in total. The lowest BCUT2D eigenvalue weighted by molar-refractivity contribution is 0.174. The second kappa shape index (κ2) is 9.78. The zero-order valence-corrected chi connectivity index (χ0v) is 23.1. The SMILES string of the molecule is Cc1nn(-c2ccccc2)c2c1CN(C(=O)Nc1ccc3c(c1)OCO3)[C@@H](c1ccc(N(C)C)cc1)c1cccn1-2. The number of carbonyl (C=O) groups is 1. The number of aryl methyl sites for hydroxylation is 1. The number of nitrogens with one attached hydrogen (secondary N) is 1. The molecule has 0 saturated carbocycles. The first-order chi connectivity index (χ1) is 20.0. The fourth-order valence-corrected chi connectivity index (χ4v) is 5.62. The third-order valence-corrected chi connectivity index (χ3v) is 7.70. The van der Waals surface area contributed by atoms with Gasteiger partial charge in [-0.2, -0.15) is 5.10 Å². The van der Waals surface area contributed by atoms with Crippen LogP contribution >= 0.6 is 0 Å². The van der Waals surface area contributed by atoms with E-state index in [0.717, 1.165) is 39.7 Å². The first kappa shape index (κ1) is 24.8. The van der Waals surface area contributed by atoms with Crippen molar-refractivity contribution in [3.63, 3.8) is 0 Å². The van der Waals surface area contributed by atoms with Gasteiger partial charge in [0.15, 0.2) is 11.5 Å². The highest BCUT2D eigenvalue weighted by atomic mass is 16.7. The summed E-state index contributed by atoms with van der Waals surface area (Å²) in [4.78, 5) is 18.2. The number of urea groups is 1. The molecule has 2 amide bonds. The molecule has 0 bridgehead atoms. The average molecular weight is 547 g/mol. The summed E-state index contributed by atoms with van der Waals surface area (Å²) in [5, 5.41) is 8.05. The predicted octanol–water partition coefficient (Wildman–Crippen LogP) is 5.90. The Kier molecular flexibility index (Phi) is 5.92. The van der Waals surface area contributed by atoms with Crippen LogP contribution < -0.4 is 19.7 Å². The Morgan fingerprint density at radius 2 is 1.73 bits per heavy atom. The van der Waals surface area contributed by atoms with Gasteiger partial charge in [-0.15, -0.1) is 0 Å². The number of fused-ring (bicyclic) bond motifs is 4. The molecule has 0 saturated heterocycles. The molecule has 0 aliphatic carbocycles. The highest BCUT2D eigenvalue weighted by molar-refractivity contribution is 5.90. The maximum Gasteiger partial charge on any atom is 0.322 e. The summed E-state index contributed by atoms with van der Waals surface area (Å²) in [5.41, 5.74) is 6.53. The summed E-state index contributed by atoms with van der Waals surface area (Å²) < 4.78 is 15.1. The maximum atomic E-state index is 14.2. The highest BCUT2D eigenvalue weighted by Crippen LogP contribution is 2.40. The van der Waals surface area contributed by atoms with E-state index in [9.17, 15) is 4.79 Å². The van der Waals surface area contributed by atoms with Crippen LogP contribution in [0, 0.1) is 6.92 Å². The third-order valence-electron chi connectivity index (χ3n) is 7.70. The van der Waals surface area contributed by atoms with E-state index in [1.165, 1.54) is 0 Å². The fourth-order valence-electron chi connectivity index (χ4n) is 5.62. The van der Waals surface area contributed by atoms with Gasteiger partial charge in [-0.25, -0.2) is 9.48 Å². The van der Waals surface area contributed by atoms with E-state index in [4.69, 9.17) is 14.6 Å². The van der Waals surface area contributed by atoms with Gasteiger partial charge in [0.05, 0.1) is 29.7 Å². The van der Waals surface area contributed by atoms with E-state index in [-0.39, 0.29) is 18.9 Å². The molecule has 1 N–H and O–H groups in total. The Morgan fingerprint density at radius 3 is 2.51 bits per heavy atom. The van der Waals surface area contributed by atoms with Gasteiger partial charge in [0.1, 0.15) is 5.82 Å². The highest BCUT2D eigenvalue weighted by Gasteiger charge is 2.36. The molecule has 0 radical (unpaired) electrons. The van der Waals surface area contributed by atoms with Crippen molar-refractivity contribution in [3.8, 4) is 23.0 Å². The Hall–Kier alpha value is -5.18. The Bertz CT molecular complexity index is 1740. The van der Waals surface area contributed by atoms with Gasteiger partial charge in [-0.1, -0.05) is 30.3 Å². The number of ether oxygens (including phenoxy) is 2. The third kappa shape index (κ3) is 4.26. The van der Waals surface area contributed by atoms with Gasteiger partial charge >= 0.3 is 6.03 Å². The Labute approximate surface area is 238 Å². The van der Waals surface area contributed by atoms with Crippen molar-refractivity contribution in [2.45, 2.75) is 19.5 Å². The quantitative estimate of drug-likeness (QED) is 0.304. The molecule has 1 atom stereocenters. The normalized spacial score (nSPS) is 15.2. The van der Waals surface area contributed by atoms with Crippen LogP contribution in [0.25, 0.3) is 11.5 Å². The molecule has 0 spiro atoms. The lowest BCUT2D eigenvalue weighted by Gasteiger charge is -2.31. The van der Waals surface area contributed by atoms with Crippen LogP contribution in [0.3, 0.4) is 0 Å². The van der Waals surface area contributed by atoms with Crippen molar-refractivity contribution in [2.24, 2.45) is 0 Å². The van der Waals surface area contributed by atoms with Gasteiger partial charge in [-0.3, -0.25) is 0 Å². The zero-order valence-electron chi connectivity index (χ0n) is 23.1. The van der Waals surface area contributed by atoms with Crippen LogP contribution in [-0.2, 0) is 6.54 Å². The van der Waals surface area contributed by atoms with E-state index in [1.54, 1.807) is 6.07 Å². The first-order valence-corrected chi connectivity index (χ1v) is 13.5. The largest absolute Gasteiger partial charge is 0.454 e. The average Bonchev–Trinajstić information content (AvgIpc) is 3.70. The number of nitrogens with zero attached hydrogens (tertiary/aromatic N) is 5. The van der Waals surface area contributed by atoms with Crippen molar-refractivity contribution in [3.05, 3.63) is 114 Å². The van der Waals surface area contributed by atoms with Crippen LogP contribution in [0.15, 0.2) is 91.1 Å². The fraction of sp³-hybridized carbons (Fsp3) is 0.188. The molecular weight excluding hydrogens is 516 g/mol. The first-order valence-electron chi connectivity index (χ1n) is 13.5. The molecule has 3 aromatic carbocycles. The second-order valence-electron chi connectivity index (χ2n) is 10.5. The topological polar surface area (TPSA) is 76.8 Å². The van der Waals surface area contributed by atoms with Crippen molar-refractivity contribution in [1.82, 2.24) is 19.2 Å². The minimum atomic E-state index is -0.355. The van der Waals surface area contributed by atoms with Crippen LogP contribution in [-0.4, -0.2) is 46.2 Å². The molecule has 5 aromatic rings. The van der Waals surface area contributed by atoms with Crippen LogP contribution in [0.5, 0.6) is 11.5 Å². The predicted molar refractivity (Wildman–Crippen MR) is 157 cm³/mol. The number of aromatic nitrogens is 3. The maximum absolute atomic E-state index is 14.2. The molecule has 2 aromatic heterocycles. The van der Waals surface area contributed by atoms with Gasteiger partial charge in [0.25, 0.3) is 0 Å². The minimum Gasteiger partial charge on any atom is -0.454 e. The van der Waals surface area contributed by atoms with Crippen LogP contribution in [0.2, 0.25) is 0 Å². The van der Waals surface area contributed by atoms with Gasteiger partial charge in [0, 0.05) is 43.3 Å². The molecule has 2 aliphatic rings. The summed E-state index contributed by atoms with van der Waals surface area (Å²) in [6, 6.07) is 27.4. The summed E-state index contributed by atoms with van der Waals surface area (Å²) >= 11 is 0.